The van der Waals surface area contributed by atoms with Crippen LogP contribution in [0.15, 0.2) is 0 Å². The molecule has 0 saturated carbocycles. The first-order chi connectivity index (χ1) is 6.10. The highest BCUT2D eigenvalue weighted by molar-refractivity contribution is 7.92. The molecule has 0 aliphatic heterocycles. The number of methoxy groups -OCH3 is 1. The molecule has 0 saturated heterocycles. The van der Waals surface area contributed by atoms with E-state index >= 15 is 0 Å². The fourth-order valence-corrected chi connectivity index (χ4v) is 2.89. The lowest BCUT2D eigenvalue weighted by Gasteiger charge is -2.20. The van der Waals surface area contributed by atoms with E-state index in [-0.39, 0.29) is 11.2 Å². The van der Waals surface area contributed by atoms with Crippen LogP contribution in [0.25, 0.3) is 0 Å². The molecule has 0 rings (SSSR count). The van der Waals surface area contributed by atoms with Crippen LogP contribution < -0.4 is 0 Å². The van der Waals surface area contributed by atoms with Gasteiger partial charge in [0.25, 0.3) is 0 Å². The summed E-state index contributed by atoms with van der Waals surface area (Å²) in [7, 11) is -2.22. The molecule has 0 aromatic carbocycles. The third kappa shape index (κ3) is 4.09. The minimum Gasteiger partial charge on any atom is -0.468 e. The summed E-state index contributed by atoms with van der Waals surface area (Å²) in [4.78, 5) is 11.0. The minimum absolute atomic E-state index is 0.0176. The van der Waals surface area contributed by atoms with E-state index in [2.05, 4.69) is 4.74 Å². The zero-order valence-electron chi connectivity index (χ0n) is 9.33. The van der Waals surface area contributed by atoms with Gasteiger partial charge in [-0.1, -0.05) is 20.8 Å². The van der Waals surface area contributed by atoms with Crippen LogP contribution in [0.2, 0.25) is 0 Å². The van der Waals surface area contributed by atoms with Crippen LogP contribution in [0.4, 0.5) is 0 Å². The molecule has 84 valence electrons. The van der Waals surface area contributed by atoms with Crippen molar-refractivity contribution in [3.8, 4) is 0 Å². The molecule has 0 heterocycles. The maximum Gasteiger partial charge on any atom is 0.323 e. The second kappa shape index (κ2) is 4.29. The third-order valence-corrected chi connectivity index (χ3v) is 4.24. The van der Waals surface area contributed by atoms with Crippen molar-refractivity contribution in [3.63, 3.8) is 0 Å². The van der Waals surface area contributed by atoms with E-state index < -0.39 is 21.1 Å². The van der Waals surface area contributed by atoms with Gasteiger partial charge < -0.3 is 4.74 Å². The van der Waals surface area contributed by atoms with Gasteiger partial charge in [-0.15, -0.1) is 0 Å². The smallest absolute Gasteiger partial charge is 0.323 e. The average molecular weight is 222 g/mol. The van der Waals surface area contributed by atoms with Gasteiger partial charge in [0.15, 0.2) is 15.1 Å². The SMILES string of the molecule is COC(=O)C(C)S(=O)(=O)CC(C)(C)C. The highest BCUT2D eigenvalue weighted by Crippen LogP contribution is 2.19. The van der Waals surface area contributed by atoms with Crippen molar-refractivity contribution in [1.29, 1.82) is 0 Å². The molecule has 0 amide bonds. The summed E-state index contributed by atoms with van der Waals surface area (Å²) in [6.45, 7) is 6.80. The second-order valence-corrected chi connectivity index (χ2v) is 6.85. The molecule has 0 radical (unpaired) electrons. The highest BCUT2D eigenvalue weighted by Gasteiger charge is 2.32. The average Bonchev–Trinajstić information content (AvgIpc) is 1.97. The van der Waals surface area contributed by atoms with Crippen molar-refractivity contribution in [2.75, 3.05) is 12.9 Å². The molecule has 5 heteroatoms. The van der Waals surface area contributed by atoms with Crippen molar-refractivity contribution in [1.82, 2.24) is 0 Å². The van der Waals surface area contributed by atoms with E-state index in [1.54, 1.807) is 0 Å². The van der Waals surface area contributed by atoms with Crippen molar-refractivity contribution < 1.29 is 17.9 Å². The zero-order valence-corrected chi connectivity index (χ0v) is 10.1. The molecular formula is C9H18O4S. The molecule has 0 aliphatic rings. The Balaban J connectivity index is 4.73. The number of hydrogen-bond donors (Lipinski definition) is 0. The van der Waals surface area contributed by atoms with Crippen LogP contribution in [0, 0.1) is 5.41 Å². The van der Waals surface area contributed by atoms with Crippen LogP contribution in [-0.4, -0.2) is 32.5 Å². The van der Waals surface area contributed by atoms with Crippen LogP contribution in [0.5, 0.6) is 0 Å². The lowest BCUT2D eigenvalue weighted by Crippen LogP contribution is -2.34. The molecule has 4 nitrogen and oxygen atoms in total. The van der Waals surface area contributed by atoms with Gasteiger partial charge >= 0.3 is 5.97 Å². The largest absolute Gasteiger partial charge is 0.468 e. The fraction of sp³-hybridized carbons (Fsp3) is 0.889. The predicted molar refractivity (Wildman–Crippen MR) is 54.7 cm³/mol. The monoisotopic (exact) mass is 222 g/mol. The lowest BCUT2D eigenvalue weighted by atomic mass is 10.0. The van der Waals surface area contributed by atoms with Gasteiger partial charge in [0.1, 0.15) is 0 Å². The zero-order chi connectivity index (χ0) is 11.6. The highest BCUT2D eigenvalue weighted by atomic mass is 32.2. The maximum absolute atomic E-state index is 11.6. The first-order valence-electron chi connectivity index (χ1n) is 4.39. The molecule has 0 N–H and O–H groups in total. The molecular weight excluding hydrogens is 204 g/mol. The number of sulfone groups is 1. The van der Waals surface area contributed by atoms with E-state index in [0.717, 1.165) is 0 Å². The van der Waals surface area contributed by atoms with Crippen LogP contribution in [0.3, 0.4) is 0 Å². The summed E-state index contributed by atoms with van der Waals surface area (Å²) in [5.74, 6) is -0.717. The first-order valence-corrected chi connectivity index (χ1v) is 6.11. The Hall–Kier alpha value is -0.580. The molecule has 0 aliphatic carbocycles. The molecule has 1 atom stereocenters. The molecule has 0 fully saturated rings. The summed E-state index contributed by atoms with van der Waals surface area (Å²) in [6, 6.07) is 0. The number of hydrogen-bond acceptors (Lipinski definition) is 4. The Morgan fingerprint density at radius 1 is 1.36 bits per heavy atom. The van der Waals surface area contributed by atoms with E-state index in [4.69, 9.17) is 0 Å². The number of carbonyl (C=O) groups excluding carboxylic acids is 1. The number of carbonyl (C=O) groups is 1. The second-order valence-electron chi connectivity index (χ2n) is 4.53. The molecule has 0 bridgehead atoms. The number of rotatable bonds is 3. The van der Waals surface area contributed by atoms with Crippen LogP contribution >= 0.6 is 0 Å². The summed E-state index contributed by atoms with van der Waals surface area (Å²) in [6.07, 6.45) is 0. The predicted octanol–water partition coefficient (Wildman–Crippen LogP) is 1.01. The lowest BCUT2D eigenvalue weighted by molar-refractivity contribution is -0.139. The van der Waals surface area contributed by atoms with Crippen LogP contribution in [-0.2, 0) is 19.4 Å². The first kappa shape index (κ1) is 13.4. The minimum atomic E-state index is -3.40. The Kier molecular flexibility index (Phi) is 4.12. The normalized spacial score (nSPS) is 14.9. The van der Waals surface area contributed by atoms with E-state index in [0.29, 0.717) is 0 Å². The van der Waals surface area contributed by atoms with Crippen molar-refractivity contribution >= 4 is 15.8 Å². The van der Waals surface area contributed by atoms with Gasteiger partial charge in [-0.25, -0.2) is 8.42 Å². The molecule has 0 aromatic heterocycles. The van der Waals surface area contributed by atoms with Gasteiger partial charge in [0.2, 0.25) is 0 Å². The number of esters is 1. The van der Waals surface area contributed by atoms with Gasteiger partial charge in [-0.2, -0.15) is 0 Å². The molecule has 0 aromatic rings. The van der Waals surface area contributed by atoms with Crippen molar-refractivity contribution in [2.24, 2.45) is 5.41 Å². The van der Waals surface area contributed by atoms with Crippen molar-refractivity contribution in [3.05, 3.63) is 0 Å². The van der Waals surface area contributed by atoms with Gasteiger partial charge in [-0.05, 0) is 12.3 Å². The summed E-state index contributed by atoms with van der Waals surface area (Å²) >= 11 is 0. The maximum atomic E-state index is 11.6. The molecule has 0 spiro atoms. The van der Waals surface area contributed by atoms with Gasteiger partial charge in [0, 0.05) is 0 Å². The van der Waals surface area contributed by atoms with Gasteiger partial charge in [0.05, 0.1) is 12.9 Å². The standard InChI is InChI=1S/C9H18O4S/c1-7(8(10)13-5)14(11,12)6-9(2,3)4/h7H,6H2,1-5H3. The Labute approximate surface area is 85.6 Å². The quantitative estimate of drug-likeness (QED) is 0.669. The van der Waals surface area contributed by atoms with E-state index in [1.807, 2.05) is 20.8 Å². The van der Waals surface area contributed by atoms with Gasteiger partial charge in [-0.3, -0.25) is 4.79 Å². The number of ether oxygens (including phenoxy) is 1. The topological polar surface area (TPSA) is 60.4 Å². The van der Waals surface area contributed by atoms with E-state index in [1.165, 1.54) is 14.0 Å². The molecule has 1 unspecified atom stereocenters. The Morgan fingerprint density at radius 3 is 2.07 bits per heavy atom. The summed E-state index contributed by atoms with van der Waals surface area (Å²) < 4.78 is 27.7. The molecule has 14 heavy (non-hydrogen) atoms. The Morgan fingerprint density at radius 2 is 1.79 bits per heavy atom. The van der Waals surface area contributed by atoms with E-state index in [9.17, 15) is 13.2 Å². The van der Waals surface area contributed by atoms with Crippen molar-refractivity contribution in [2.45, 2.75) is 32.9 Å². The fourth-order valence-electron chi connectivity index (χ4n) is 1.04. The third-order valence-electron chi connectivity index (χ3n) is 1.71. The summed E-state index contributed by atoms with van der Waals surface area (Å²) in [5.41, 5.74) is -0.346. The van der Waals surface area contributed by atoms with Crippen LogP contribution in [0.1, 0.15) is 27.7 Å². The summed E-state index contributed by atoms with van der Waals surface area (Å²) in [5, 5.41) is -1.08. The Bertz CT molecular complexity index is 297.